The van der Waals surface area contributed by atoms with E-state index in [1.807, 2.05) is 18.7 Å². The molecule has 84 valence electrons. The molecule has 1 N–H and O–H groups in total. The molecule has 1 fully saturated rings. The molecule has 1 unspecified atom stereocenters. The van der Waals surface area contributed by atoms with Gasteiger partial charge in [-0.1, -0.05) is 0 Å². The van der Waals surface area contributed by atoms with Gasteiger partial charge in [0.25, 0.3) is 5.91 Å². The highest BCUT2D eigenvalue weighted by Gasteiger charge is 2.37. The third-order valence-corrected chi connectivity index (χ3v) is 2.47. The number of hydrogen-bond acceptors (Lipinski definition) is 4. The Morgan fingerprint density at radius 1 is 1.21 bits per heavy atom. The summed E-state index contributed by atoms with van der Waals surface area (Å²) in [5.74, 6) is -1.21. The van der Waals surface area contributed by atoms with Gasteiger partial charge in [0, 0.05) is 26.3 Å². The summed E-state index contributed by atoms with van der Waals surface area (Å²) in [5.41, 5.74) is 0. The van der Waals surface area contributed by atoms with Crippen LogP contribution in [-0.2, 0) is 9.47 Å². The van der Waals surface area contributed by atoms with Crippen molar-refractivity contribution in [3.05, 3.63) is 0 Å². The smallest absolute Gasteiger partial charge is 0.252 e. The van der Waals surface area contributed by atoms with Crippen molar-refractivity contribution in [3.8, 4) is 0 Å². The highest BCUT2D eigenvalue weighted by Crippen LogP contribution is 2.20. The summed E-state index contributed by atoms with van der Waals surface area (Å²) >= 11 is 0. The van der Waals surface area contributed by atoms with Crippen LogP contribution in [0.3, 0.4) is 0 Å². The van der Waals surface area contributed by atoms with Gasteiger partial charge >= 0.3 is 0 Å². The molecule has 0 bridgehead atoms. The Kier molecular flexibility index (Phi) is 4.81. The van der Waals surface area contributed by atoms with E-state index in [2.05, 4.69) is 0 Å². The summed E-state index contributed by atoms with van der Waals surface area (Å²) in [6, 6.07) is 0. The van der Waals surface area contributed by atoms with Crippen molar-refractivity contribution in [2.45, 2.75) is 32.6 Å². The van der Waals surface area contributed by atoms with E-state index in [9.17, 15) is 5.11 Å². The lowest BCUT2D eigenvalue weighted by Crippen LogP contribution is -2.53. The Hall–Kier alpha value is -0.160. The van der Waals surface area contributed by atoms with Crippen molar-refractivity contribution in [2.24, 2.45) is 0 Å². The number of hydrogen-bond donors (Lipinski definition) is 1. The second-order valence-corrected chi connectivity index (χ2v) is 3.51. The largest absolute Gasteiger partial charge is 0.375 e. The summed E-state index contributed by atoms with van der Waals surface area (Å²) in [6.45, 7) is 6.91. The predicted molar refractivity (Wildman–Crippen MR) is 53.9 cm³/mol. The molecule has 1 saturated heterocycles. The van der Waals surface area contributed by atoms with Crippen molar-refractivity contribution < 1.29 is 14.6 Å². The van der Waals surface area contributed by atoms with Crippen LogP contribution in [0.1, 0.15) is 26.7 Å². The summed E-state index contributed by atoms with van der Waals surface area (Å²) in [4.78, 5) is 1.95. The zero-order valence-corrected chi connectivity index (χ0v) is 9.16. The van der Waals surface area contributed by atoms with E-state index < -0.39 is 5.91 Å². The normalized spacial score (nSPS) is 22.5. The Labute approximate surface area is 85.8 Å². The minimum atomic E-state index is -1.21. The van der Waals surface area contributed by atoms with Gasteiger partial charge < -0.3 is 14.6 Å². The standard InChI is InChI=1S/C10H21NO3/c1-3-13-9-10(12,14-4-2)11-7-5-6-8-11/h12H,3-9H2,1-2H3. The molecule has 0 aromatic heterocycles. The van der Waals surface area contributed by atoms with Gasteiger partial charge in [-0.15, -0.1) is 0 Å². The second kappa shape index (κ2) is 5.66. The molecule has 0 saturated carbocycles. The molecular formula is C10H21NO3. The molecule has 0 radical (unpaired) electrons. The van der Waals surface area contributed by atoms with Gasteiger partial charge in [-0.2, -0.15) is 0 Å². The molecule has 1 aliphatic rings. The lowest BCUT2D eigenvalue weighted by molar-refractivity contribution is -0.307. The van der Waals surface area contributed by atoms with E-state index in [4.69, 9.17) is 9.47 Å². The average Bonchev–Trinajstić information content (AvgIpc) is 2.68. The molecular weight excluding hydrogens is 182 g/mol. The van der Waals surface area contributed by atoms with Crippen LogP contribution in [0.5, 0.6) is 0 Å². The van der Waals surface area contributed by atoms with Gasteiger partial charge in [-0.05, 0) is 26.7 Å². The maximum absolute atomic E-state index is 10.2. The monoisotopic (exact) mass is 203 g/mol. The molecule has 0 aromatic rings. The Morgan fingerprint density at radius 3 is 2.36 bits per heavy atom. The highest BCUT2D eigenvalue weighted by atomic mass is 16.7. The van der Waals surface area contributed by atoms with Gasteiger partial charge in [-0.25, -0.2) is 0 Å². The predicted octanol–water partition coefficient (Wildman–Crippen LogP) is 0.801. The zero-order valence-electron chi connectivity index (χ0n) is 9.16. The van der Waals surface area contributed by atoms with Crippen molar-refractivity contribution >= 4 is 0 Å². The summed E-state index contributed by atoms with van der Waals surface area (Å²) in [6.07, 6.45) is 2.25. The molecule has 1 rings (SSSR count). The summed E-state index contributed by atoms with van der Waals surface area (Å²) in [7, 11) is 0. The van der Waals surface area contributed by atoms with E-state index in [1.165, 1.54) is 0 Å². The first kappa shape index (κ1) is 11.9. The zero-order chi connectivity index (χ0) is 10.4. The number of ether oxygens (including phenoxy) is 2. The average molecular weight is 203 g/mol. The molecule has 4 nitrogen and oxygen atoms in total. The van der Waals surface area contributed by atoms with E-state index in [1.54, 1.807) is 0 Å². The maximum atomic E-state index is 10.2. The van der Waals surface area contributed by atoms with Crippen molar-refractivity contribution in [3.63, 3.8) is 0 Å². The van der Waals surface area contributed by atoms with Crippen molar-refractivity contribution in [1.29, 1.82) is 0 Å². The minimum absolute atomic E-state index is 0.233. The van der Waals surface area contributed by atoms with Crippen LogP contribution < -0.4 is 0 Å². The topological polar surface area (TPSA) is 41.9 Å². The SMILES string of the molecule is CCOCC(O)(OCC)N1CCCC1. The fraction of sp³-hybridized carbons (Fsp3) is 1.00. The molecule has 0 aromatic carbocycles. The molecule has 4 heteroatoms. The summed E-state index contributed by atoms with van der Waals surface area (Å²) < 4.78 is 10.6. The van der Waals surface area contributed by atoms with Crippen LogP contribution in [0.4, 0.5) is 0 Å². The first-order chi connectivity index (χ1) is 6.73. The molecule has 1 aliphatic heterocycles. The number of rotatable bonds is 6. The maximum Gasteiger partial charge on any atom is 0.252 e. The van der Waals surface area contributed by atoms with E-state index in [-0.39, 0.29) is 6.61 Å². The third-order valence-electron chi connectivity index (χ3n) is 2.47. The van der Waals surface area contributed by atoms with Crippen molar-refractivity contribution in [1.82, 2.24) is 4.90 Å². The lowest BCUT2D eigenvalue weighted by atomic mass is 10.4. The van der Waals surface area contributed by atoms with Crippen molar-refractivity contribution in [2.75, 3.05) is 32.9 Å². The minimum Gasteiger partial charge on any atom is -0.375 e. The van der Waals surface area contributed by atoms with Gasteiger partial charge in [0.15, 0.2) is 0 Å². The molecule has 14 heavy (non-hydrogen) atoms. The van der Waals surface area contributed by atoms with Crippen LogP contribution >= 0.6 is 0 Å². The molecule has 0 aliphatic carbocycles. The van der Waals surface area contributed by atoms with Crippen LogP contribution in [0.15, 0.2) is 0 Å². The fourth-order valence-electron chi connectivity index (χ4n) is 1.76. The first-order valence-electron chi connectivity index (χ1n) is 5.42. The van der Waals surface area contributed by atoms with Gasteiger partial charge in [0.2, 0.25) is 0 Å². The number of nitrogens with zero attached hydrogens (tertiary/aromatic N) is 1. The third kappa shape index (κ3) is 2.92. The number of aliphatic hydroxyl groups is 1. The second-order valence-electron chi connectivity index (χ2n) is 3.51. The quantitative estimate of drug-likeness (QED) is 0.648. The Balaban J connectivity index is 2.49. The molecule has 0 spiro atoms. The van der Waals surface area contributed by atoms with Crippen LogP contribution in [0, 0.1) is 0 Å². The fourth-order valence-corrected chi connectivity index (χ4v) is 1.76. The van der Waals surface area contributed by atoms with Crippen LogP contribution in [0.2, 0.25) is 0 Å². The molecule has 0 amide bonds. The first-order valence-corrected chi connectivity index (χ1v) is 5.42. The van der Waals surface area contributed by atoms with Crippen LogP contribution in [-0.4, -0.2) is 48.8 Å². The van der Waals surface area contributed by atoms with Crippen LogP contribution in [0.25, 0.3) is 0 Å². The summed E-state index contributed by atoms with van der Waals surface area (Å²) in [5, 5.41) is 10.2. The highest BCUT2D eigenvalue weighted by molar-refractivity contribution is 4.75. The van der Waals surface area contributed by atoms with E-state index >= 15 is 0 Å². The van der Waals surface area contributed by atoms with Gasteiger partial charge in [0.1, 0.15) is 6.61 Å². The van der Waals surface area contributed by atoms with Gasteiger partial charge in [-0.3, -0.25) is 4.90 Å². The molecule has 1 heterocycles. The molecule has 1 atom stereocenters. The van der Waals surface area contributed by atoms with E-state index in [0.29, 0.717) is 13.2 Å². The van der Waals surface area contributed by atoms with Gasteiger partial charge in [0.05, 0.1) is 0 Å². The van der Waals surface area contributed by atoms with E-state index in [0.717, 1.165) is 25.9 Å². The Morgan fingerprint density at radius 2 is 1.86 bits per heavy atom. The Bertz CT molecular complexity index is 159. The number of likely N-dealkylation sites (tertiary alicyclic amines) is 1. The lowest BCUT2D eigenvalue weighted by Gasteiger charge is -2.35.